The quantitative estimate of drug-likeness (QED) is 0.704. The van der Waals surface area contributed by atoms with E-state index in [0.717, 1.165) is 6.26 Å². The van der Waals surface area contributed by atoms with E-state index in [9.17, 15) is 13.2 Å². The zero-order chi connectivity index (χ0) is 19.6. The molecule has 9 heteroatoms. The number of carbonyl (C=O) groups excluding carboxylic acids is 1. The lowest BCUT2D eigenvalue weighted by Crippen LogP contribution is -2.30. The standard InChI is InChI=1S/C18H15N3O4S2/c1-11(25-13-5-3-4-12(8-13)10-19)17(22)21-18-20-15-7-6-14(27(2,23)24)9-16(15)26-18/h3-9,11H,1-2H3,(H,20,21,22). The highest BCUT2D eigenvalue weighted by Gasteiger charge is 2.18. The molecular formula is C18H15N3O4S2. The average molecular weight is 401 g/mol. The van der Waals surface area contributed by atoms with Gasteiger partial charge in [-0.3, -0.25) is 10.1 Å². The Hall–Kier alpha value is -2.96. The predicted molar refractivity (Wildman–Crippen MR) is 103 cm³/mol. The molecule has 7 nitrogen and oxygen atoms in total. The molecule has 0 aliphatic carbocycles. The first-order valence-corrected chi connectivity index (χ1v) is 10.6. The van der Waals surface area contributed by atoms with Crippen LogP contribution in [0.3, 0.4) is 0 Å². The molecule has 0 saturated heterocycles. The van der Waals surface area contributed by atoms with Gasteiger partial charge in [0.1, 0.15) is 5.75 Å². The van der Waals surface area contributed by atoms with Gasteiger partial charge in [0.15, 0.2) is 21.1 Å². The first-order valence-electron chi connectivity index (χ1n) is 7.84. The summed E-state index contributed by atoms with van der Waals surface area (Å²) in [4.78, 5) is 16.8. The normalized spacial score (nSPS) is 12.3. The van der Waals surface area contributed by atoms with Crippen molar-refractivity contribution in [1.29, 1.82) is 5.26 Å². The van der Waals surface area contributed by atoms with Crippen LogP contribution in [-0.4, -0.2) is 31.7 Å². The number of amides is 1. The molecule has 1 amide bonds. The lowest BCUT2D eigenvalue weighted by Gasteiger charge is -2.13. The van der Waals surface area contributed by atoms with Crippen molar-refractivity contribution in [2.75, 3.05) is 11.6 Å². The zero-order valence-corrected chi connectivity index (χ0v) is 16.1. The number of nitrogens with one attached hydrogen (secondary N) is 1. The Kier molecular flexibility index (Phi) is 5.12. The van der Waals surface area contributed by atoms with Crippen molar-refractivity contribution in [3.05, 3.63) is 48.0 Å². The molecule has 0 radical (unpaired) electrons. The Morgan fingerprint density at radius 1 is 1.30 bits per heavy atom. The van der Waals surface area contributed by atoms with Crippen molar-refractivity contribution in [2.45, 2.75) is 17.9 Å². The number of rotatable bonds is 5. The van der Waals surface area contributed by atoms with Crippen LogP contribution in [0.1, 0.15) is 12.5 Å². The summed E-state index contributed by atoms with van der Waals surface area (Å²) in [5, 5.41) is 11.9. The molecule has 27 heavy (non-hydrogen) atoms. The van der Waals surface area contributed by atoms with Gasteiger partial charge in [-0.15, -0.1) is 0 Å². The lowest BCUT2D eigenvalue weighted by molar-refractivity contribution is -0.122. The molecule has 1 unspecified atom stereocenters. The van der Waals surface area contributed by atoms with E-state index in [1.54, 1.807) is 37.3 Å². The van der Waals surface area contributed by atoms with Crippen LogP contribution in [0, 0.1) is 11.3 Å². The van der Waals surface area contributed by atoms with Crippen molar-refractivity contribution in [3.8, 4) is 11.8 Å². The summed E-state index contributed by atoms with van der Waals surface area (Å²) in [5.74, 6) is 0.0125. The largest absolute Gasteiger partial charge is 0.481 e. The maximum Gasteiger partial charge on any atom is 0.266 e. The molecule has 1 aromatic heterocycles. The number of sulfone groups is 1. The topological polar surface area (TPSA) is 109 Å². The van der Waals surface area contributed by atoms with E-state index in [-0.39, 0.29) is 4.90 Å². The summed E-state index contributed by atoms with van der Waals surface area (Å²) >= 11 is 1.18. The van der Waals surface area contributed by atoms with Crippen molar-refractivity contribution in [2.24, 2.45) is 0 Å². The maximum absolute atomic E-state index is 12.3. The number of anilines is 1. The Morgan fingerprint density at radius 2 is 2.07 bits per heavy atom. The molecular weight excluding hydrogens is 386 g/mol. The minimum Gasteiger partial charge on any atom is -0.481 e. The molecule has 1 heterocycles. The predicted octanol–water partition coefficient (Wildman–Crippen LogP) is 2.98. The van der Waals surface area contributed by atoms with Crippen molar-refractivity contribution in [1.82, 2.24) is 4.98 Å². The van der Waals surface area contributed by atoms with Gasteiger partial charge in [0.2, 0.25) is 0 Å². The molecule has 138 valence electrons. The highest BCUT2D eigenvalue weighted by molar-refractivity contribution is 7.90. The number of nitriles is 1. The number of carbonyl (C=O) groups is 1. The third-order valence-electron chi connectivity index (χ3n) is 3.66. The summed E-state index contributed by atoms with van der Waals surface area (Å²) in [6.07, 6.45) is 0.329. The number of hydrogen-bond acceptors (Lipinski definition) is 7. The summed E-state index contributed by atoms with van der Waals surface area (Å²) in [7, 11) is -3.31. The first-order chi connectivity index (χ1) is 12.8. The molecule has 0 fully saturated rings. The Balaban J connectivity index is 1.74. The van der Waals surface area contributed by atoms with Gasteiger partial charge in [0.25, 0.3) is 5.91 Å². The Morgan fingerprint density at radius 3 is 2.78 bits per heavy atom. The molecule has 3 rings (SSSR count). The first kappa shape index (κ1) is 18.8. The Bertz CT molecular complexity index is 1160. The van der Waals surface area contributed by atoms with Crippen molar-refractivity contribution >= 4 is 42.4 Å². The van der Waals surface area contributed by atoms with Gasteiger partial charge in [-0.25, -0.2) is 13.4 Å². The highest BCUT2D eigenvalue weighted by Crippen LogP contribution is 2.28. The number of thiazole rings is 1. The molecule has 0 aliphatic rings. The van der Waals surface area contributed by atoms with Crippen LogP contribution in [-0.2, 0) is 14.6 Å². The fourth-order valence-electron chi connectivity index (χ4n) is 2.29. The summed E-state index contributed by atoms with van der Waals surface area (Å²) < 4.78 is 29.5. The van der Waals surface area contributed by atoms with Gasteiger partial charge >= 0.3 is 0 Å². The summed E-state index contributed by atoms with van der Waals surface area (Å²) in [5.41, 5.74) is 1.03. The number of aromatic nitrogens is 1. The number of fused-ring (bicyclic) bond motifs is 1. The molecule has 0 saturated carbocycles. The summed E-state index contributed by atoms with van der Waals surface area (Å²) in [6, 6.07) is 13.2. The van der Waals surface area contributed by atoms with E-state index >= 15 is 0 Å². The van der Waals surface area contributed by atoms with E-state index in [2.05, 4.69) is 10.3 Å². The van der Waals surface area contributed by atoms with Gasteiger partial charge < -0.3 is 4.74 Å². The molecule has 1 N–H and O–H groups in total. The number of ether oxygens (including phenoxy) is 1. The lowest BCUT2D eigenvalue weighted by atomic mass is 10.2. The fourth-order valence-corrected chi connectivity index (χ4v) is 3.92. The fraction of sp³-hybridized carbons (Fsp3) is 0.167. The highest BCUT2D eigenvalue weighted by atomic mass is 32.2. The van der Waals surface area contributed by atoms with Crippen LogP contribution in [0.5, 0.6) is 5.75 Å². The van der Waals surface area contributed by atoms with Crippen LogP contribution >= 0.6 is 11.3 Å². The third-order valence-corrected chi connectivity index (χ3v) is 5.71. The second kappa shape index (κ2) is 7.34. The van der Waals surface area contributed by atoms with E-state index in [4.69, 9.17) is 10.00 Å². The van der Waals surface area contributed by atoms with Gasteiger partial charge in [0.05, 0.1) is 26.7 Å². The number of nitrogens with zero attached hydrogens (tertiary/aromatic N) is 2. The SMILES string of the molecule is CC(Oc1cccc(C#N)c1)C(=O)Nc1nc2ccc(S(C)(=O)=O)cc2s1. The third kappa shape index (κ3) is 4.42. The Labute approximate surface area is 160 Å². The second-order valence-electron chi connectivity index (χ2n) is 5.81. The van der Waals surface area contributed by atoms with Crippen LogP contribution < -0.4 is 10.1 Å². The van der Waals surface area contributed by atoms with Crippen molar-refractivity contribution in [3.63, 3.8) is 0 Å². The number of hydrogen-bond donors (Lipinski definition) is 1. The minimum absolute atomic E-state index is 0.200. The van der Waals surface area contributed by atoms with E-state index in [0.29, 0.717) is 26.7 Å². The molecule has 2 aromatic carbocycles. The zero-order valence-electron chi connectivity index (χ0n) is 14.5. The molecule has 0 spiro atoms. The van der Waals surface area contributed by atoms with Gasteiger partial charge in [-0.05, 0) is 43.3 Å². The van der Waals surface area contributed by atoms with Crippen molar-refractivity contribution < 1.29 is 17.9 Å². The van der Waals surface area contributed by atoms with Gasteiger partial charge in [0, 0.05) is 6.26 Å². The second-order valence-corrected chi connectivity index (χ2v) is 8.86. The average Bonchev–Trinajstić information content (AvgIpc) is 3.02. The van der Waals surface area contributed by atoms with E-state index < -0.39 is 21.8 Å². The number of benzene rings is 2. The summed E-state index contributed by atoms with van der Waals surface area (Å²) in [6.45, 7) is 1.59. The van der Waals surface area contributed by atoms with Crippen LogP contribution in [0.25, 0.3) is 10.2 Å². The van der Waals surface area contributed by atoms with Gasteiger partial charge in [-0.1, -0.05) is 17.4 Å². The molecule has 0 aliphatic heterocycles. The van der Waals surface area contributed by atoms with E-state index in [1.165, 1.54) is 23.5 Å². The van der Waals surface area contributed by atoms with Gasteiger partial charge in [-0.2, -0.15) is 5.26 Å². The molecule has 0 bridgehead atoms. The monoisotopic (exact) mass is 401 g/mol. The smallest absolute Gasteiger partial charge is 0.266 e. The molecule has 1 atom stereocenters. The van der Waals surface area contributed by atoms with Crippen LogP contribution in [0.4, 0.5) is 5.13 Å². The minimum atomic E-state index is -3.31. The van der Waals surface area contributed by atoms with E-state index in [1.807, 2.05) is 6.07 Å². The maximum atomic E-state index is 12.3. The van der Waals surface area contributed by atoms with Crippen LogP contribution in [0.15, 0.2) is 47.4 Å². The molecule has 3 aromatic rings. The van der Waals surface area contributed by atoms with Crippen LogP contribution in [0.2, 0.25) is 0 Å².